The van der Waals surface area contributed by atoms with Gasteiger partial charge in [-0.15, -0.1) is 0 Å². The minimum absolute atomic E-state index is 0.00956. The van der Waals surface area contributed by atoms with E-state index in [0.717, 1.165) is 30.4 Å². The van der Waals surface area contributed by atoms with E-state index in [-0.39, 0.29) is 23.5 Å². The summed E-state index contributed by atoms with van der Waals surface area (Å²) in [5.74, 6) is -2.23. The zero-order chi connectivity index (χ0) is 27.9. The van der Waals surface area contributed by atoms with Crippen LogP contribution < -0.4 is 4.74 Å². The largest absolute Gasteiger partial charge is 0.478 e. The Morgan fingerprint density at radius 1 is 0.667 bits per heavy atom. The molecule has 0 bridgehead atoms. The molecule has 0 fully saturated rings. The summed E-state index contributed by atoms with van der Waals surface area (Å²) >= 11 is 0. The van der Waals surface area contributed by atoms with E-state index < -0.39 is 17.9 Å². The van der Waals surface area contributed by atoms with Crippen LogP contribution in [0.3, 0.4) is 0 Å². The number of esters is 2. The first-order chi connectivity index (χ1) is 19.0. The molecule has 206 valence electrons. The number of ether oxygens (including phenoxy) is 2. The standard InChI is InChI=1S/C33H38O6/c1-2-3-4-5-6-7-8-9-11-14-25-17-22-29(30(23-25)31(34)35)33(37)39-28-20-18-27(19-21-28)32(36)38-24-26-15-12-10-13-16-26/h10,12-13,15-23H,2-9,11,14,24H2,1H3,(H,34,35). The highest BCUT2D eigenvalue weighted by Crippen LogP contribution is 2.20. The Bertz CT molecular complexity index is 1200. The summed E-state index contributed by atoms with van der Waals surface area (Å²) in [6.45, 7) is 2.38. The zero-order valence-electron chi connectivity index (χ0n) is 22.7. The molecular weight excluding hydrogens is 492 g/mol. The fourth-order valence-corrected chi connectivity index (χ4v) is 4.37. The summed E-state index contributed by atoms with van der Waals surface area (Å²) in [7, 11) is 0. The van der Waals surface area contributed by atoms with Crippen molar-refractivity contribution in [2.75, 3.05) is 0 Å². The summed E-state index contributed by atoms with van der Waals surface area (Å²) in [5.41, 5.74) is 2.01. The van der Waals surface area contributed by atoms with Crippen LogP contribution in [0.25, 0.3) is 0 Å². The smallest absolute Gasteiger partial charge is 0.344 e. The summed E-state index contributed by atoms with van der Waals surface area (Å²) in [6.07, 6.45) is 11.8. The molecule has 3 aromatic carbocycles. The molecule has 0 aromatic heterocycles. The van der Waals surface area contributed by atoms with Crippen molar-refractivity contribution in [2.45, 2.75) is 77.7 Å². The van der Waals surface area contributed by atoms with Crippen LogP contribution in [0.1, 0.15) is 107 Å². The van der Waals surface area contributed by atoms with Gasteiger partial charge >= 0.3 is 17.9 Å². The van der Waals surface area contributed by atoms with Crippen molar-refractivity contribution in [1.82, 2.24) is 0 Å². The number of aromatic carboxylic acids is 1. The Kier molecular flexibility index (Phi) is 12.2. The van der Waals surface area contributed by atoms with E-state index in [1.54, 1.807) is 12.1 Å². The molecule has 0 aliphatic carbocycles. The Balaban J connectivity index is 1.50. The summed E-state index contributed by atoms with van der Waals surface area (Å²) in [4.78, 5) is 37.0. The van der Waals surface area contributed by atoms with Gasteiger partial charge in [0.05, 0.1) is 16.7 Å². The van der Waals surface area contributed by atoms with Crippen molar-refractivity contribution in [2.24, 2.45) is 0 Å². The highest BCUT2D eigenvalue weighted by molar-refractivity contribution is 6.03. The van der Waals surface area contributed by atoms with Crippen LogP contribution in [-0.2, 0) is 17.8 Å². The maximum Gasteiger partial charge on any atom is 0.344 e. The Morgan fingerprint density at radius 3 is 1.95 bits per heavy atom. The van der Waals surface area contributed by atoms with Gasteiger partial charge in [-0.05, 0) is 60.4 Å². The number of carboxylic acids is 1. The molecule has 1 N–H and O–H groups in total. The first-order valence-electron chi connectivity index (χ1n) is 13.9. The lowest BCUT2D eigenvalue weighted by Crippen LogP contribution is -2.15. The van der Waals surface area contributed by atoms with Crippen LogP contribution in [0.2, 0.25) is 0 Å². The van der Waals surface area contributed by atoms with Crippen LogP contribution >= 0.6 is 0 Å². The first kappa shape index (κ1) is 29.6. The lowest BCUT2D eigenvalue weighted by Gasteiger charge is -2.10. The van der Waals surface area contributed by atoms with Crippen molar-refractivity contribution in [1.29, 1.82) is 0 Å². The normalized spacial score (nSPS) is 10.7. The maximum atomic E-state index is 12.8. The molecule has 0 spiro atoms. The highest BCUT2D eigenvalue weighted by atomic mass is 16.5. The Labute approximate surface area is 231 Å². The molecule has 3 rings (SSSR count). The number of benzene rings is 3. The molecule has 0 heterocycles. The molecule has 0 unspecified atom stereocenters. The maximum absolute atomic E-state index is 12.8. The molecule has 6 nitrogen and oxygen atoms in total. The minimum atomic E-state index is -1.17. The SMILES string of the molecule is CCCCCCCCCCCc1ccc(C(=O)Oc2ccc(C(=O)OCc3ccccc3)cc2)c(C(=O)O)c1. The van der Waals surface area contributed by atoms with E-state index in [2.05, 4.69) is 6.92 Å². The van der Waals surface area contributed by atoms with E-state index in [1.165, 1.54) is 75.3 Å². The van der Waals surface area contributed by atoms with Gasteiger partial charge in [-0.25, -0.2) is 14.4 Å². The quantitative estimate of drug-likeness (QED) is 0.115. The van der Waals surface area contributed by atoms with Gasteiger partial charge in [0.2, 0.25) is 0 Å². The molecule has 0 atom stereocenters. The topological polar surface area (TPSA) is 89.9 Å². The molecular formula is C33H38O6. The lowest BCUT2D eigenvalue weighted by molar-refractivity contribution is 0.0472. The third-order valence-electron chi connectivity index (χ3n) is 6.62. The molecule has 0 amide bonds. The van der Waals surface area contributed by atoms with E-state index in [9.17, 15) is 19.5 Å². The number of rotatable bonds is 16. The number of hydrogen-bond acceptors (Lipinski definition) is 5. The monoisotopic (exact) mass is 530 g/mol. The number of carbonyl (C=O) groups excluding carboxylic acids is 2. The number of hydrogen-bond donors (Lipinski definition) is 1. The van der Waals surface area contributed by atoms with Crippen LogP contribution in [0.4, 0.5) is 0 Å². The van der Waals surface area contributed by atoms with Crippen LogP contribution in [0, 0.1) is 0 Å². The Morgan fingerprint density at radius 2 is 1.31 bits per heavy atom. The average molecular weight is 531 g/mol. The predicted molar refractivity (Wildman–Crippen MR) is 151 cm³/mol. The number of carboxylic acid groups (broad SMARTS) is 1. The van der Waals surface area contributed by atoms with Gasteiger partial charge in [-0.3, -0.25) is 0 Å². The van der Waals surface area contributed by atoms with Gasteiger partial charge in [0.25, 0.3) is 0 Å². The van der Waals surface area contributed by atoms with Crippen LogP contribution in [0.5, 0.6) is 5.75 Å². The second kappa shape index (κ2) is 16.1. The van der Waals surface area contributed by atoms with Crippen LogP contribution in [-0.4, -0.2) is 23.0 Å². The predicted octanol–water partition coefficient (Wildman–Crippen LogP) is 8.03. The highest BCUT2D eigenvalue weighted by Gasteiger charge is 2.19. The van der Waals surface area contributed by atoms with E-state index >= 15 is 0 Å². The molecule has 0 saturated carbocycles. The number of aryl methyl sites for hydroxylation is 1. The van der Waals surface area contributed by atoms with Crippen molar-refractivity contribution in [3.05, 3.63) is 101 Å². The molecule has 0 aliphatic heterocycles. The average Bonchev–Trinajstić information content (AvgIpc) is 2.95. The summed E-state index contributed by atoms with van der Waals surface area (Å²) < 4.78 is 10.7. The van der Waals surface area contributed by atoms with Crippen molar-refractivity contribution >= 4 is 17.9 Å². The van der Waals surface area contributed by atoms with Gasteiger partial charge in [0.15, 0.2) is 0 Å². The molecule has 0 saturated heterocycles. The molecule has 6 heteroatoms. The molecule has 0 radical (unpaired) electrons. The van der Waals surface area contributed by atoms with Gasteiger partial charge in [-0.1, -0.05) is 94.7 Å². The summed E-state index contributed by atoms with van der Waals surface area (Å²) in [5, 5.41) is 9.71. The third kappa shape index (κ3) is 10.0. The second-order valence-corrected chi connectivity index (χ2v) is 9.74. The second-order valence-electron chi connectivity index (χ2n) is 9.74. The van der Waals surface area contributed by atoms with Crippen LogP contribution in [0.15, 0.2) is 72.8 Å². The summed E-state index contributed by atoms with van der Waals surface area (Å²) in [6, 6.07) is 20.2. The number of carbonyl (C=O) groups is 3. The number of unbranched alkanes of at least 4 members (excludes halogenated alkanes) is 8. The van der Waals surface area contributed by atoms with E-state index in [1.807, 2.05) is 30.3 Å². The van der Waals surface area contributed by atoms with Crippen molar-refractivity contribution in [3.8, 4) is 5.75 Å². The van der Waals surface area contributed by atoms with Gasteiger partial charge in [-0.2, -0.15) is 0 Å². The van der Waals surface area contributed by atoms with Crippen molar-refractivity contribution in [3.63, 3.8) is 0 Å². The fraction of sp³-hybridized carbons (Fsp3) is 0.364. The fourth-order valence-electron chi connectivity index (χ4n) is 4.37. The Hall–Kier alpha value is -3.93. The minimum Gasteiger partial charge on any atom is -0.478 e. The van der Waals surface area contributed by atoms with E-state index in [4.69, 9.17) is 9.47 Å². The zero-order valence-corrected chi connectivity index (χ0v) is 22.7. The lowest BCUT2D eigenvalue weighted by atomic mass is 9.99. The van der Waals surface area contributed by atoms with Gasteiger partial charge in [0, 0.05) is 0 Å². The third-order valence-corrected chi connectivity index (χ3v) is 6.62. The van der Waals surface area contributed by atoms with E-state index in [0.29, 0.717) is 5.56 Å². The van der Waals surface area contributed by atoms with Gasteiger partial charge in [0.1, 0.15) is 12.4 Å². The first-order valence-corrected chi connectivity index (χ1v) is 13.9. The van der Waals surface area contributed by atoms with Gasteiger partial charge < -0.3 is 14.6 Å². The van der Waals surface area contributed by atoms with Crippen molar-refractivity contribution < 1.29 is 29.0 Å². The molecule has 39 heavy (non-hydrogen) atoms. The molecule has 3 aromatic rings. The molecule has 0 aliphatic rings.